The van der Waals surface area contributed by atoms with Crippen molar-refractivity contribution >= 4 is 17.7 Å². The molecule has 0 heterocycles. The van der Waals surface area contributed by atoms with Gasteiger partial charge in [-0.15, -0.1) is 0 Å². The molecule has 0 amide bonds. The molecule has 4 aliphatic rings. The number of Topliss-reactive ketones (excluding diaryl/α,β-unsaturated/α-hetero) is 1. The summed E-state index contributed by atoms with van der Waals surface area (Å²) in [6.07, 6.45) is 1.92. The van der Waals surface area contributed by atoms with Crippen molar-refractivity contribution in [3.63, 3.8) is 0 Å². The minimum Gasteiger partial charge on any atom is -0.458 e. The third-order valence-corrected chi connectivity index (χ3v) is 9.10. The predicted octanol–water partition coefficient (Wildman–Crippen LogP) is 2.98. The lowest BCUT2D eigenvalue weighted by molar-refractivity contribution is -0.221. The highest BCUT2D eigenvalue weighted by Crippen LogP contribution is 2.76. The molecule has 188 valence electrons. The summed E-state index contributed by atoms with van der Waals surface area (Å²) in [5.41, 5.74) is -2.06. The molecule has 0 aromatic carbocycles. The number of aliphatic hydroxyl groups is 2. The standard InChI is InChI=1S/C27H38O7/c1-12(2)9-19(29)33-24-15(5)26(32)17-10-13(3)21(30)20(17)22(31)14(4)11-18(26)23-25(7,8)27(23,24)34-16(6)28/h10-12,15,17-18,20,22-24,31-32H,9H2,1-8H3/t15-,17-,18+,20+,22+,23-,24-,26+,27-/m1/s1. The molecule has 9 atom stereocenters. The highest BCUT2D eigenvalue weighted by atomic mass is 16.6. The summed E-state index contributed by atoms with van der Waals surface area (Å²) in [6, 6.07) is 0. The number of carbonyl (C=O) groups excluding carboxylic acids is 3. The van der Waals surface area contributed by atoms with E-state index in [4.69, 9.17) is 9.47 Å². The molecule has 2 fully saturated rings. The van der Waals surface area contributed by atoms with Gasteiger partial charge in [-0.05, 0) is 30.9 Å². The smallest absolute Gasteiger partial charge is 0.306 e. The van der Waals surface area contributed by atoms with Crippen molar-refractivity contribution in [2.75, 3.05) is 0 Å². The molecular formula is C27H38O7. The molecular weight excluding hydrogens is 436 g/mol. The van der Waals surface area contributed by atoms with E-state index in [0.717, 1.165) is 0 Å². The summed E-state index contributed by atoms with van der Waals surface area (Å²) in [5.74, 6) is -3.95. The van der Waals surface area contributed by atoms with Crippen LogP contribution < -0.4 is 0 Å². The lowest BCUT2D eigenvalue weighted by Gasteiger charge is -2.52. The van der Waals surface area contributed by atoms with E-state index in [9.17, 15) is 24.6 Å². The fourth-order valence-electron chi connectivity index (χ4n) is 7.51. The van der Waals surface area contributed by atoms with Crippen LogP contribution in [0.4, 0.5) is 0 Å². The number of allylic oxidation sites excluding steroid dienone is 1. The molecule has 0 saturated heterocycles. The Morgan fingerprint density at radius 1 is 1.15 bits per heavy atom. The quantitative estimate of drug-likeness (QED) is 0.476. The Morgan fingerprint density at radius 3 is 2.32 bits per heavy atom. The molecule has 4 rings (SSSR count). The number of ether oxygens (including phenoxy) is 2. The van der Waals surface area contributed by atoms with Crippen molar-refractivity contribution in [2.45, 2.75) is 85.2 Å². The van der Waals surface area contributed by atoms with Gasteiger partial charge in [0.1, 0.15) is 6.10 Å². The lowest BCUT2D eigenvalue weighted by Crippen LogP contribution is -2.64. The number of carbonyl (C=O) groups is 3. The molecule has 7 nitrogen and oxygen atoms in total. The number of ketones is 1. The Bertz CT molecular complexity index is 991. The third-order valence-electron chi connectivity index (χ3n) is 9.10. The van der Waals surface area contributed by atoms with Crippen LogP contribution in [-0.4, -0.2) is 51.3 Å². The molecule has 0 aromatic rings. The monoisotopic (exact) mass is 474 g/mol. The molecule has 0 spiro atoms. The molecule has 2 saturated carbocycles. The van der Waals surface area contributed by atoms with E-state index in [1.165, 1.54) is 6.92 Å². The predicted molar refractivity (Wildman–Crippen MR) is 124 cm³/mol. The number of esters is 2. The maximum Gasteiger partial charge on any atom is 0.306 e. The van der Waals surface area contributed by atoms with Gasteiger partial charge in [0.15, 0.2) is 11.4 Å². The molecule has 0 aliphatic heterocycles. The van der Waals surface area contributed by atoms with Crippen molar-refractivity contribution in [3.05, 3.63) is 23.3 Å². The fourth-order valence-corrected chi connectivity index (χ4v) is 7.51. The summed E-state index contributed by atoms with van der Waals surface area (Å²) in [7, 11) is 0. The number of hydrogen-bond donors (Lipinski definition) is 2. The highest BCUT2D eigenvalue weighted by Gasteiger charge is 2.87. The van der Waals surface area contributed by atoms with Crippen LogP contribution in [0.1, 0.15) is 61.8 Å². The molecule has 0 unspecified atom stereocenters. The first-order valence-corrected chi connectivity index (χ1v) is 12.3. The van der Waals surface area contributed by atoms with Crippen molar-refractivity contribution in [2.24, 2.45) is 40.9 Å². The SMILES string of the molecule is CC(=O)O[C@@]12[C@H](OC(=O)CC(C)C)[C@@H](C)[C@]3(O)[C@@H]4C=C(C)C(=O)[C@H]4[C@@H](O)C(C)=C[C@H]3[C@@H]1C2(C)C. The van der Waals surface area contributed by atoms with Crippen molar-refractivity contribution in [3.8, 4) is 0 Å². The van der Waals surface area contributed by atoms with E-state index in [0.29, 0.717) is 11.1 Å². The highest BCUT2D eigenvalue weighted by molar-refractivity contribution is 6.00. The maximum atomic E-state index is 13.1. The van der Waals surface area contributed by atoms with Crippen molar-refractivity contribution in [1.29, 1.82) is 0 Å². The Hall–Kier alpha value is -1.99. The van der Waals surface area contributed by atoms with Crippen molar-refractivity contribution in [1.82, 2.24) is 0 Å². The minimum absolute atomic E-state index is 0.0796. The van der Waals surface area contributed by atoms with Gasteiger partial charge in [0.25, 0.3) is 0 Å². The number of hydrogen-bond acceptors (Lipinski definition) is 7. The largest absolute Gasteiger partial charge is 0.458 e. The topological polar surface area (TPSA) is 110 Å². The first-order valence-electron chi connectivity index (χ1n) is 12.3. The summed E-state index contributed by atoms with van der Waals surface area (Å²) in [5, 5.41) is 23.6. The summed E-state index contributed by atoms with van der Waals surface area (Å²) in [4.78, 5) is 38.2. The zero-order valence-electron chi connectivity index (χ0n) is 21.4. The Morgan fingerprint density at radius 2 is 1.76 bits per heavy atom. The van der Waals surface area contributed by atoms with E-state index < -0.39 is 64.4 Å². The van der Waals surface area contributed by atoms with Gasteiger partial charge in [0.2, 0.25) is 0 Å². The average Bonchev–Trinajstić information content (AvgIpc) is 3.05. The fraction of sp³-hybridized carbons (Fsp3) is 0.741. The zero-order chi connectivity index (χ0) is 25.5. The molecule has 4 aliphatic carbocycles. The Labute approximate surface area is 201 Å². The van der Waals surface area contributed by atoms with Gasteiger partial charge in [-0.3, -0.25) is 14.4 Å². The lowest BCUT2D eigenvalue weighted by atomic mass is 9.59. The molecule has 0 aromatic heterocycles. The normalized spacial score (nSPS) is 44.2. The Balaban J connectivity index is 1.90. The number of aliphatic hydroxyl groups excluding tert-OH is 1. The zero-order valence-corrected chi connectivity index (χ0v) is 21.4. The first-order chi connectivity index (χ1) is 15.6. The van der Waals surface area contributed by atoms with Crippen molar-refractivity contribution < 1.29 is 34.1 Å². The van der Waals surface area contributed by atoms with Gasteiger partial charge in [-0.1, -0.05) is 46.8 Å². The summed E-state index contributed by atoms with van der Waals surface area (Å²) >= 11 is 0. The molecule has 0 bridgehead atoms. The summed E-state index contributed by atoms with van der Waals surface area (Å²) in [6.45, 7) is 14.4. The van der Waals surface area contributed by atoms with Crippen LogP contribution in [-0.2, 0) is 23.9 Å². The Kier molecular flexibility index (Phi) is 5.73. The molecule has 34 heavy (non-hydrogen) atoms. The minimum atomic E-state index is -1.48. The number of rotatable bonds is 4. The molecule has 2 N–H and O–H groups in total. The van der Waals surface area contributed by atoms with Gasteiger partial charge in [-0.2, -0.15) is 0 Å². The van der Waals surface area contributed by atoms with Gasteiger partial charge in [-0.25, -0.2) is 0 Å². The van der Waals surface area contributed by atoms with Gasteiger partial charge < -0.3 is 19.7 Å². The van der Waals surface area contributed by atoms with Crippen LogP contribution in [0.15, 0.2) is 23.3 Å². The van der Waals surface area contributed by atoms with Crippen LogP contribution in [0.5, 0.6) is 0 Å². The number of fused-ring (bicyclic) bond motifs is 5. The van der Waals surface area contributed by atoms with E-state index in [1.54, 1.807) is 26.8 Å². The van der Waals surface area contributed by atoms with Crippen LogP contribution in [0.2, 0.25) is 0 Å². The van der Waals surface area contributed by atoms with E-state index >= 15 is 0 Å². The van der Waals surface area contributed by atoms with E-state index in [1.807, 2.05) is 33.8 Å². The van der Waals surface area contributed by atoms with Gasteiger partial charge in [0.05, 0.1) is 17.6 Å². The second-order valence-electron chi connectivity index (χ2n) is 11.9. The third kappa shape index (κ3) is 3.12. The molecule has 0 radical (unpaired) electrons. The van der Waals surface area contributed by atoms with Gasteiger partial charge in [0, 0.05) is 42.4 Å². The van der Waals surface area contributed by atoms with Crippen LogP contribution in [0, 0.1) is 40.9 Å². The van der Waals surface area contributed by atoms with Crippen LogP contribution >= 0.6 is 0 Å². The van der Waals surface area contributed by atoms with Crippen LogP contribution in [0.3, 0.4) is 0 Å². The van der Waals surface area contributed by atoms with E-state index in [-0.39, 0.29) is 24.0 Å². The molecule has 7 heteroatoms. The summed E-state index contributed by atoms with van der Waals surface area (Å²) < 4.78 is 12.1. The van der Waals surface area contributed by atoms with Gasteiger partial charge >= 0.3 is 11.9 Å². The second kappa shape index (κ2) is 7.76. The first kappa shape index (κ1) is 25.1. The van der Waals surface area contributed by atoms with Crippen LogP contribution in [0.25, 0.3) is 0 Å². The van der Waals surface area contributed by atoms with E-state index in [2.05, 4.69) is 0 Å². The second-order valence-corrected chi connectivity index (χ2v) is 11.9. The maximum absolute atomic E-state index is 13.1. The average molecular weight is 475 g/mol.